The Kier molecular flexibility index (Phi) is 2.46. The highest BCUT2D eigenvalue weighted by Gasteiger charge is 2.19. The van der Waals surface area contributed by atoms with Crippen molar-refractivity contribution in [3.8, 4) is 0 Å². The molecule has 1 N–H and O–H groups in total. The molecule has 0 aromatic carbocycles. The first-order chi connectivity index (χ1) is 8.27. The Hall–Kier alpha value is -1.64. The van der Waals surface area contributed by atoms with E-state index in [1.54, 1.807) is 6.33 Å². The van der Waals surface area contributed by atoms with Crippen molar-refractivity contribution in [2.24, 2.45) is 5.92 Å². The lowest BCUT2D eigenvalue weighted by molar-refractivity contribution is 0.600. The first kappa shape index (κ1) is 10.5. The molecule has 88 valence electrons. The lowest BCUT2D eigenvalue weighted by atomic mass is 9.86. The number of rotatable bonds is 1. The van der Waals surface area contributed by atoms with Crippen LogP contribution in [0.2, 0.25) is 0 Å². The second-order valence-corrected chi connectivity index (χ2v) is 4.91. The predicted octanol–water partition coefficient (Wildman–Crippen LogP) is 3.47. The molecular formula is C14H17N3. The summed E-state index contributed by atoms with van der Waals surface area (Å²) < 4.78 is 0. The number of nitrogens with zero attached hydrogens (tertiary/aromatic N) is 2. The predicted molar refractivity (Wildman–Crippen MR) is 69.6 cm³/mol. The number of fused-ring (bicyclic) bond motifs is 1. The largest absolute Gasteiger partial charge is 0.346 e. The molecule has 0 saturated carbocycles. The molecule has 0 radical (unpaired) electrons. The van der Waals surface area contributed by atoms with Crippen LogP contribution in [0.1, 0.15) is 37.4 Å². The summed E-state index contributed by atoms with van der Waals surface area (Å²) in [4.78, 5) is 12.0. The van der Waals surface area contributed by atoms with Crippen molar-refractivity contribution >= 4 is 16.6 Å². The van der Waals surface area contributed by atoms with Crippen LogP contribution < -0.4 is 0 Å². The highest BCUT2D eigenvalue weighted by Crippen LogP contribution is 2.34. The Labute approximate surface area is 101 Å². The zero-order chi connectivity index (χ0) is 11.8. The highest BCUT2D eigenvalue weighted by molar-refractivity contribution is 5.91. The molecule has 3 heteroatoms. The van der Waals surface area contributed by atoms with Crippen molar-refractivity contribution in [2.75, 3.05) is 0 Å². The zero-order valence-corrected chi connectivity index (χ0v) is 10.3. The Balaban J connectivity index is 2.23. The van der Waals surface area contributed by atoms with Gasteiger partial charge >= 0.3 is 0 Å². The van der Waals surface area contributed by atoms with Crippen LogP contribution in [0.3, 0.4) is 0 Å². The molecule has 3 nitrogen and oxygen atoms in total. The summed E-state index contributed by atoms with van der Waals surface area (Å²) >= 11 is 0. The molecule has 2 aromatic heterocycles. The molecule has 0 spiro atoms. The van der Waals surface area contributed by atoms with Gasteiger partial charge in [-0.25, -0.2) is 9.97 Å². The standard InChI is InChI=1S/C14H17N3/c1-9-5-3-4-6-11(9)13-12-10(2)7-15-14(12)17-8-16-13/h6-9H,3-5H2,1-2H3,(H,15,16,17). The summed E-state index contributed by atoms with van der Waals surface area (Å²) in [7, 11) is 0. The van der Waals surface area contributed by atoms with Crippen molar-refractivity contribution in [3.63, 3.8) is 0 Å². The van der Waals surface area contributed by atoms with Crippen LogP contribution in [0, 0.1) is 12.8 Å². The summed E-state index contributed by atoms with van der Waals surface area (Å²) in [6, 6.07) is 0. The monoisotopic (exact) mass is 227 g/mol. The lowest BCUT2D eigenvalue weighted by Crippen LogP contribution is -2.06. The molecule has 1 aliphatic carbocycles. The fourth-order valence-electron chi connectivity index (χ4n) is 2.70. The van der Waals surface area contributed by atoms with E-state index in [-0.39, 0.29) is 0 Å². The van der Waals surface area contributed by atoms with E-state index in [1.165, 1.54) is 35.8 Å². The maximum Gasteiger partial charge on any atom is 0.141 e. The van der Waals surface area contributed by atoms with Gasteiger partial charge in [0, 0.05) is 11.6 Å². The van der Waals surface area contributed by atoms with E-state index >= 15 is 0 Å². The van der Waals surface area contributed by atoms with Crippen molar-refractivity contribution in [1.82, 2.24) is 15.0 Å². The molecule has 17 heavy (non-hydrogen) atoms. The van der Waals surface area contributed by atoms with Gasteiger partial charge in [0.2, 0.25) is 0 Å². The van der Waals surface area contributed by atoms with Crippen molar-refractivity contribution < 1.29 is 0 Å². The van der Waals surface area contributed by atoms with E-state index in [9.17, 15) is 0 Å². The SMILES string of the molecule is Cc1c[nH]c2ncnc(C3=CCCCC3C)c12. The van der Waals surface area contributed by atoms with Gasteiger partial charge < -0.3 is 4.98 Å². The minimum absolute atomic E-state index is 0.608. The summed E-state index contributed by atoms with van der Waals surface area (Å²) in [5.41, 5.74) is 4.70. The molecule has 2 aromatic rings. The summed E-state index contributed by atoms with van der Waals surface area (Å²) in [6.07, 6.45) is 9.76. The number of aromatic nitrogens is 3. The Bertz CT molecular complexity index is 580. The minimum atomic E-state index is 0.608. The van der Waals surface area contributed by atoms with E-state index in [4.69, 9.17) is 0 Å². The zero-order valence-electron chi connectivity index (χ0n) is 10.3. The van der Waals surface area contributed by atoms with Crippen LogP contribution in [0.4, 0.5) is 0 Å². The quantitative estimate of drug-likeness (QED) is 0.810. The van der Waals surface area contributed by atoms with Gasteiger partial charge in [-0.2, -0.15) is 0 Å². The van der Waals surface area contributed by atoms with Gasteiger partial charge in [0.25, 0.3) is 0 Å². The van der Waals surface area contributed by atoms with Gasteiger partial charge in [-0.05, 0) is 43.2 Å². The first-order valence-corrected chi connectivity index (χ1v) is 6.26. The molecule has 0 fully saturated rings. The van der Waals surface area contributed by atoms with Crippen LogP contribution in [-0.2, 0) is 0 Å². The van der Waals surface area contributed by atoms with Crippen LogP contribution in [0.25, 0.3) is 16.6 Å². The van der Waals surface area contributed by atoms with Gasteiger partial charge in [-0.3, -0.25) is 0 Å². The van der Waals surface area contributed by atoms with E-state index < -0.39 is 0 Å². The third-order valence-corrected chi connectivity index (χ3v) is 3.68. The highest BCUT2D eigenvalue weighted by atomic mass is 14.9. The van der Waals surface area contributed by atoms with E-state index in [1.807, 2.05) is 6.20 Å². The number of aromatic amines is 1. The smallest absolute Gasteiger partial charge is 0.141 e. The number of aryl methyl sites for hydroxylation is 1. The Morgan fingerprint density at radius 2 is 2.24 bits per heavy atom. The third-order valence-electron chi connectivity index (χ3n) is 3.68. The molecule has 0 amide bonds. The van der Waals surface area contributed by atoms with Crippen molar-refractivity contribution in [1.29, 1.82) is 0 Å². The number of nitrogens with one attached hydrogen (secondary N) is 1. The lowest BCUT2D eigenvalue weighted by Gasteiger charge is -2.20. The fourth-order valence-corrected chi connectivity index (χ4v) is 2.70. The van der Waals surface area contributed by atoms with Gasteiger partial charge in [-0.1, -0.05) is 13.0 Å². The summed E-state index contributed by atoms with van der Waals surface area (Å²) in [5.74, 6) is 0.608. The summed E-state index contributed by atoms with van der Waals surface area (Å²) in [6.45, 7) is 4.40. The van der Waals surface area contributed by atoms with Gasteiger partial charge in [0.15, 0.2) is 0 Å². The molecule has 1 unspecified atom stereocenters. The average molecular weight is 227 g/mol. The normalized spacial score (nSPS) is 20.6. The fraction of sp³-hybridized carbons (Fsp3) is 0.429. The molecule has 1 atom stereocenters. The third kappa shape index (κ3) is 1.66. The van der Waals surface area contributed by atoms with Gasteiger partial charge in [0.05, 0.1) is 5.69 Å². The van der Waals surface area contributed by atoms with Crippen LogP contribution in [0.5, 0.6) is 0 Å². The second-order valence-electron chi connectivity index (χ2n) is 4.91. The van der Waals surface area contributed by atoms with Crippen molar-refractivity contribution in [3.05, 3.63) is 29.9 Å². The van der Waals surface area contributed by atoms with Gasteiger partial charge in [-0.15, -0.1) is 0 Å². The molecular weight excluding hydrogens is 210 g/mol. The van der Waals surface area contributed by atoms with E-state index in [2.05, 4.69) is 34.9 Å². The number of allylic oxidation sites excluding steroid dienone is 2. The van der Waals surface area contributed by atoms with Crippen molar-refractivity contribution in [2.45, 2.75) is 33.1 Å². The number of hydrogen-bond acceptors (Lipinski definition) is 2. The first-order valence-electron chi connectivity index (χ1n) is 6.26. The minimum Gasteiger partial charge on any atom is -0.346 e. The number of hydrogen-bond donors (Lipinski definition) is 1. The van der Waals surface area contributed by atoms with E-state index in [0.29, 0.717) is 5.92 Å². The molecule has 0 aliphatic heterocycles. The maximum atomic E-state index is 4.51. The molecule has 2 heterocycles. The Morgan fingerprint density at radius 1 is 1.35 bits per heavy atom. The van der Waals surface area contributed by atoms with Crippen LogP contribution >= 0.6 is 0 Å². The van der Waals surface area contributed by atoms with Gasteiger partial charge in [0.1, 0.15) is 12.0 Å². The molecule has 0 saturated heterocycles. The van der Waals surface area contributed by atoms with Crippen LogP contribution in [-0.4, -0.2) is 15.0 Å². The van der Waals surface area contributed by atoms with Crippen LogP contribution in [0.15, 0.2) is 18.6 Å². The summed E-state index contributed by atoms with van der Waals surface area (Å²) in [5, 5.41) is 1.19. The molecule has 3 rings (SSSR count). The van der Waals surface area contributed by atoms with E-state index in [0.717, 1.165) is 11.3 Å². The second kappa shape index (κ2) is 3.99. The average Bonchev–Trinajstić information content (AvgIpc) is 2.72. The number of H-pyrrole nitrogens is 1. The molecule has 1 aliphatic rings. The molecule has 0 bridgehead atoms. The topological polar surface area (TPSA) is 41.6 Å². The Morgan fingerprint density at radius 3 is 3.06 bits per heavy atom. The maximum absolute atomic E-state index is 4.51.